The molecule has 0 unspecified atom stereocenters. The number of rotatable bonds is 11. The van der Waals surface area contributed by atoms with E-state index < -0.39 is 77.6 Å². The molecule has 0 saturated carbocycles. The quantitative estimate of drug-likeness (QED) is 0.199. The van der Waals surface area contributed by atoms with Crippen LogP contribution in [0.15, 0.2) is 30.3 Å². The Bertz CT molecular complexity index is 1440. The van der Waals surface area contributed by atoms with Gasteiger partial charge in [0.1, 0.15) is 36.3 Å². The van der Waals surface area contributed by atoms with Crippen molar-refractivity contribution in [1.82, 2.24) is 36.8 Å². The van der Waals surface area contributed by atoms with Crippen LogP contribution in [0.4, 0.5) is 0 Å². The van der Waals surface area contributed by atoms with Crippen LogP contribution >= 0.6 is 0 Å². The number of nitrogens with one attached hydrogen (secondary N) is 6. The van der Waals surface area contributed by atoms with E-state index in [0.717, 1.165) is 5.56 Å². The van der Waals surface area contributed by atoms with E-state index >= 15 is 0 Å². The summed E-state index contributed by atoms with van der Waals surface area (Å²) in [5.74, 6) is -4.07. The SMILES string of the molecule is CC[C@H](C)[C@H](NC(C)=O)C(=O)N[C@H]1CCCNC(=O)[C@H]([C@@H](C)CC)NC(=O)[C@H]([C@@H](C)CC)NC(=O)[C@@H]2CCCN2C(=O)[C@@H](Cc2ccccc2)NC1=O. The lowest BCUT2D eigenvalue weighted by atomic mass is 9.94. The Labute approximate surface area is 314 Å². The summed E-state index contributed by atoms with van der Waals surface area (Å²) in [7, 11) is 0. The average Bonchev–Trinajstić information content (AvgIpc) is 3.64. The van der Waals surface area contributed by atoms with Crippen LogP contribution in [0.5, 0.6) is 0 Å². The number of carbonyl (C=O) groups is 7. The number of hydrogen-bond acceptors (Lipinski definition) is 7. The van der Waals surface area contributed by atoms with Crippen LogP contribution in [0.2, 0.25) is 0 Å². The van der Waals surface area contributed by atoms with E-state index in [1.807, 2.05) is 71.9 Å². The maximum absolute atomic E-state index is 14.4. The monoisotopic (exact) mass is 739 g/mol. The zero-order valence-corrected chi connectivity index (χ0v) is 32.5. The normalized spacial score (nSPS) is 25.9. The zero-order chi connectivity index (χ0) is 39.2. The molecule has 0 spiro atoms. The maximum Gasteiger partial charge on any atom is 0.246 e. The molecule has 2 aliphatic heterocycles. The van der Waals surface area contributed by atoms with E-state index in [2.05, 4.69) is 31.9 Å². The number of carbonyl (C=O) groups excluding carboxylic acids is 7. The lowest BCUT2D eigenvalue weighted by Crippen LogP contribution is -2.61. The Morgan fingerprint density at radius 2 is 1.42 bits per heavy atom. The van der Waals surface area contributed by atoms with Crippen molar-refractivity contribution in [3.63, 3.8) is 0 Å². The second kappa shape index (κ2) is 20.7. The van der Waals surface area contributed by atoms with Gasteiger partial charge in [0.15, 0.2) is 0 Å². The van der Waals surface area contributed by atoms with Crippen molar-refractivity contribution in [2.45, 2.75) is 136 Å². The molecule has 6 N–H and O–H groups in total. The molecule has 0 bridgehead atoms. The van der Waals surface area contributed by atoms with Gasteiger partial charge >= 0.3 is 0 Å². The Kier molecular flexibility index (Phi) is 16.7. The highest BCUT2D eigenvalue weighted by Gasteiger charge is 2.41. The van der Waals surface area contributed by atoms with Crippen LogP contribution in [-0.4, -0.2) is 95.6 Å². The average molecular weight is 740 g/mol. The van der Waals surface area contributed by atoms with Crippen LogP contribution in [0, 0.1) is 17.8 Å². The molecule has 0 aliphatic carbocycles. The van der Waals surface area contributed by atoms with E-state index in [4.69, 9.17) is 0 Å². The van der Waals surface area contributed by atoms with Crippen LogP contribution < -0.4 is 31.9 Å². The van der Waals surface area contributed by atoms with Crippen molar-refractivity contribution in [3.8, 4) is 0 Å². The molecule has 2 saturated heterocycles. The summed E-state index contributed by atoms with van der Waals surface area (Å²) in [6.45, 7) is 13.0. The molecule has 3 rings (SSSR count). The molecule has 14 nitrogen and oxygen atoms in total. The molecule has 53 heavy (non-hydrogen) atoms. The standard InChI is InChI=1S/C39H61N7O7/c1-8-23(4)31-36(50)40-20-14-18-28(42-37(51)32(24(5)9-2)41-26(7)47)34(48)43-29(22-27-16-12-11-13-17-27)39(53)46-21-15-19-30(46)35(49)44-33(25(6)10-3)38(52)45-31/h11-13,16-17,23-25,28-33H,8-10,14-15,18-22H2,1-7H3,(H,40,50)(H,41,47)(H,42,51)(H,43,48)(H,44,49)(H,45,52)/t23-,24-,25-,28-,29+,30-,31-,32-,33-/m0/s1. The topological polar surface area (TPSA) is 195 Å². The van der Waals surface area contributed by atoms with Gasteiger partial charge in [-0.25, -0.2) is 0 Å². The number of fused-ring (bicyclic) bond motifs is 1. The number of amides is 7. The van der Waals surface area contributed by atoms with Gasteiger partial charge in [0.2, 0.25) is 41.4 Å². The first-order chi connectivity index (χ1) is 25.2. The first kappa shape index (κ1) is 42.9. The molecule has 2 heterocycles. The van der Waals surface area contributed by atoms with Crippen molar-refractivity contribution >= 4 is 41.4 Å². The summed E-state index contributed by atoms with van der Waals surface area (Å²) in [6, 6.07) is 3.37. The third-order valence-electron chi connectivity index (χ3n) is 10.8. The summed E-state index contributed by atoms with van der Waals surface area (Å²) in [5, 5.41) is 17.1. The minimum absolute atomic E-state index is 0.0998. The van der Waals surface area contributed by atoms with Crippen molar-refractivity contribution < 1.29 is 33.6 Å². The minimum Gasteiger partial charge on any atom is -0.354 e. The fourth-order valence-corrected chi connectivity index (χ4v) is 6.80. The predicted octanol–water partition coefficient (Wildman–Crippen LogP) is 1.71. The van der Waals surface area contributed by atoms with E-state index in [1.54, 1.807) is 0 Å². The molecular weight excluding hydrogens is 678 g/mol. The Morgan fingerprint density at radius 3 is 2.02 bits per heavy atom. The van der Waals surface area contributed by atoms with E-state index in [0.29, 0.717) is 32.1 Å². The van der Waals surface area contributed by atoms with E-state index in [9.17, 15) is 33.6 Å². The van der Waals surface area contributed by atoms with Crippen LogP contribution in [0.25, 0.3) is 0 Å². The molecule has 14 heteroatoms. The molecule has 7 amide bonds. The fraction of sp³-hybridized carbons (Fsp3) is 0.667. The second-order valence-electron chi connectivity index (χ2n) is 14.7. The molecule has 2 aliphatic rings. The van der Waals surface area contributed by atoms with Crippen molar-refractivity contribution in [2.75, 3.05) is 13.1 Å². The van der Waals surface area contributed by atoms with Gasteiger partial charge in [0.25, 0.3) is 0 Å². The molecule has 2 fully saturated rings. The summed E-state index contributed by atoms with van der Waals surface area (Å²) < 4.78 is 0. The summed E-state index contributed by atoms with van der Waals surface area (Å²) in [6.07, 6.45) is 3.19. The van der Waals surface area contributed by atoms with Gasteiger partial charge in [-0.05, 0) is 49.0 Å². The highest BCUT2D eigenvalue weighted by Crippen LogP contribution is 2.22. The van der Waals surface area contributed by atoms with Crippen LogP contribution in [0.3, 0.4) is 0 Å². The van der Waals surface area contributed by atoms with Crippen molar-refractivity contribution in [3.05, 3.63) is 35.9 Å². The van der Waals surface area contributed by atoms with Gasteiger partial charge in [-0.3, -0.25) is 33.6 Å². The van der Waals surface area contributed by atoms with Gasteiger partial charge in [0, 0.05) is 26.4 Å². The Hall–Kier alpha value is -4.49. The van der Waals surface area contributed by atoms with Gasteiger partial charge in [-0.2, -0.15) is 0 Å². The van der Waals surface area contributed by atoms with E-state index in [-0.39, 0.29) is 50.1 Å². The largest absolute Gasteiger partial charge is 0.354 e. The molecule has 0 radical (unpaired) electrons. The lowest BCUT2D eigenvalue weighted by molar-refractivity contribution is -0.143. The molecule has 9 atom stereocenters. The summed E-state index contributed by atoms with van der Waals surface area (Å²) in [4.78, 5) is 97.0. The zero-order valence-electron chi connectivity index (χ0n) is 32.5. The summed E-state index contributed by atoms with van der Waals surface area (Å²) in [5.41, 5.74) is 0.781. The molecule has 294 valence electrons. The van der Waals surface area contributed by atoms with Crippen molar-refractivity contribution in [2.24, 2.45) is 17.8 Å². The van der Waals surface area contributed by atoms with E-state index in [1.165, 1.54) is 11.8 Å². The predicted molar refractivity (Wildman–Crippen MR) is 201 cm³/mol. The molecule has 1 aromatic rings. The molecule has 1 aromatic carbocycles. The smallest absolute Gasteiger partial charge is 0.246 e. The van der Waals surface area contributed by atoms with Gasteiger partial charge in [0.05, 0.1) is 0 Å². The highest BCUT2D eigenvalue weighted by molar-refractivity contribution is 5.97. The van der Waals surface area contributed by atoms with Gasteiger partial charge in [-0.1, -0.05) is 91.1 Å². The Balaban J connectivity index is 2.05. The lowest BCUT2D eigenvalue weighted by Gasteiger charge is -2.33. The molecule has 0 aromatic heterocycles. The minimum atomic E-state index is -1.12. The Morgan fingerprint density at radius 1 is 0.792 bits per heavy atom. The fourth-order valence-electron chi connectivity index (χ4n) is 6.80. The highest BCUT2D eigenvalue weighted by atomic mass is 16.2. The van der Waals surface area contributed by atoms with Crippen LogP contribution in [-0.2, 0) is 40.0 Å². The first-order valence-corrected chi connectivity index (χ1v) is 19.3. The van der Waals surface area contributed by atoms with Crippen molar-refractivity contribution in [1.29, 1.82) is 0 Å². The second-order valence-corrected chi connectivity index (χ2v) is 14.7. The molecular formula is C39H61N7O7. The summed E-state index contributed by atoms with van der Waals surface area (Å²) >= 11 is 0. The maximum atomic E-state index is 14.4. The number of nitrogens with zero attached hydrogens (tertiary/aromatic N) is 1. The third kappa shape index (κ3) is 12.0. The first-order valence-electron chi connectivity index (χ1n) is 19.3. The third-order valence-corrected chi connectivity index (χ3v) is 10.8. The number of hydrogen-bond donors (Lipinski definition) is 6. The van der Waals surface area contributed by atoms with Gasteiger partial charge in [-0.15, -0.1) is 0 Å². The number of benzene rings is 1. The van der Waals surface area contributed by atoms with Crippen LogP contribution in [0.1, 0.15) is 99.0 Å². The van der Waals surface area contributed by atoms with Gasteiger partial charge < -0.3 is 36.8 Å².